The summed E-state index contributed by atoms with van der Waals surface area (Å²) in [4.78, 5) is 18.5. The maximum Gasteiger partial charge on any atom is 0.230 e. The van der Waals surface area contributed by atoms with E-state index in [0.717, 1.165) is 17.1 Å². The molecule has 0 saturated carbocycles. The number of rotatable bonds is 7. The molecule has 22 heavy (non-hydrogen) atoms. The molecule has 0 aliphatic rings. The van der Waals surface area contributed by atoms with Crippen LogP contribution in [0.4, 0.5) is 0 Å². The van der Waals surface area contributed by atoms with Crippen molar-refractivity contribution >= 4 is 40.3 Å². The third-order valence-electron chi connectivity index (χ3n) is 2.83. The summed E-state index contributed by atoms with van der Waals surface area (Å²) in [5, 5.41) is 14.5. The van der Waals surface area contributed by atoms with Gasteiger partial charge in [0.15, 0.2) is 5.82 Å². The highest BCUT2D eigenvalue weighted by molar-refractivity contribution is 7.99. The van der Waals surface area contributed by atoms with Gasteiger partial charge in [0.05, 0.1) is 10.6 Å². The number of thiophene rings is 2. The molecule has 0 spiro atoms. The maximum atomic E-state index is 11.8. The van der Waals surface area contributed by atoms with Crippen molar-refractivity contribution in [3.8, 4) is 10.7 Å². The van der Waals surface area contributed by atoms with Crippen LogP contribution in [0.5, 0.6) is 0 Å². The number of amides is 1. The lowest BCUT2D eigenvalue weighted by Gasteiger charge is -2.02. The maximum absolute atomic E-state index is 11.8. The number of carbonyl (C=O) groups is 1. The molecule has 5 nitrogen and oxygen atoms in total. The molecule has 0 radical (unpaired) electrons. The van der Waals surface area contributed by atoms with Crippen LogP contribution in [0.1, 0.15) is 4.88 Å². The van der Waals surface area contributed by atoms with Crippen molar-refractivity contribution in [3.63, 3.8) is 0 Å². The Kier molecular flexibility index (Phi) is 5.25. The third-order valence-corrected chi connectivity index (χ3v) is 5.49. The Labute approximate surface area is 140 Å². The Morgan fingerprint density at radius 2 is 2.14 bits per heavy atom. The van der Waals surface area contributed by atoms with Gasteiger partial charge in [0.1, 0.15) is 0 Å². The standard InChI is InChI=1S/C14H14N4OS3/c19-12(15-6-5-10-3-1-7-20-10)9-22-14-16-13(17-18-14)11-4-2-8-21-11/h1-4,7-8H,5-6,9H2,(H,15,19)(H,16,17,18). The Morgan fingerprint density at radius 1 is 1.27 bits per heavy atom. The first-order valence-electron chi connectivity index (χ1n) is 6.69. The fourth-order valence-corrected chi connectivity index (χ4v) is 3.80. The van der Waals surface area contributed by atoms with E-state index in [-0.39, 0.29) is 5.91 Å². The molecule has 3 rings (SSSR count). The second-order valence-electron chi connectivity index (χ2n) is 4.41. The fourth-order valence-electron chi connectivity index (χ4n) is 1.80. The normalized spacial score (nSPS) is 10.7. The summed E-state index contributed by atoms with van der Waals surface area (Å²) in [6.45, 7) is 0.661. The second kappa shape index (κ2) is 7.57. The number of thioether (sulfide) groups is 1. The molecular weight excluding hydrogens is 336 g/mol. The highest BCUT2D eigenvalue weighted by Gasteiger charge is 2.09. The molecule has 3 aromatic heterocycles. The van der Waals surface area contributed by atoms with Gasteiger partial charge >= 0.3 is 0 Å². The lowest BCUT2D eigenvalue weighted by Crippen LogP contribution is -2.27. The van der Waals surface area contributed by atoms with E-state index in [1.165, 1.54) is 16.6 Å². The van der Waals surface area contributed by atoms with E-state index in [2.05, 4.69) is 26.6 Å². The SMILES string of the molecule is O=C(CSc1n[nH]c(-c2cccs2)n1)NCCc1cccs1. The third kappa shape index (κ3) is 4.19. The Bertz CT molecular complexity index is 706. The van der Waals surface area contributed by atoms with E-state index >= 15 is 0 Å². The molecule has 1 amide bonds. The van der Waals surface area contributed by atoms with E-state index in [4.69, 9.17) is 0 Å². The molecule has 0 saturated heterocycles. The smallest absolute Gasteiger partial charge is 0.230 e. The van der Waals surface area contributed by atoms with Crippen LogP contribution < -0.4 is 5.32 Å². The summed E-state index contributed by atoms with van der Waals surface area (Å²) in [7, 11) is 0. The molecule has 3 heterocycles. The van der Waals surface area contributed by atoms with Gasteiger partial charge < -0.3 is 5.32 Å². The van der Waals surface area contributed by atoms with Crippen molar-refractivity contribution in [3.05, 3.63) is 39.9 Å². The lowest BCUT2D eigenvalue weighted by molar-refractivity contribution is -0.118. The average molecular weight is 350 g/mol. The van der Waals surface area contributed by atoms with Gasteiger partial charge in [-0.1, -0.05) is 23.9 Å². The molecule has 2 N–H and O–H groups in total. The average Bonchev–Trinajstić information content (AvgIpc) is 3.26. The molecule has 0 aliphatic heterocycles. The predicted molar refractivity (Wildman–Crippen MR) is 91.5 cm³/mol. The van der Waals surface area contributed by atoms with Crippen LogP contribution in [-0.4, -0.2) is 33.4 Å². The second-order valence-corrected chi connectivity index (χ2v) is 7.33. The zero-order chi connectivity index (χ0) is 15.2. The van der Waals surface area contributed by atoms with Crippen LogP contribution >= 0.6 is 34.4 Å². The Morgan fingerprint density at radius 3 is 2.91 bits per heavy atom. The van der Waals surface area contributed by atoms with Crippen LogP contribution in [0.3, 0.4) is 0 Å². The molecule has 0 bridgehead atoms. The van der Waals surface area contributed by atoms with E-state index < -0.39 is 0 Å². The van der Waals surface area contributed by atoms with Gasteiger partial charge in [-0.3, -0.25) is 9.89 Å². The summed E-state index contributed by atoms with van der Waals surface area (Å²) < 4.78 is 0. The number of nitrogens with zero attached hydrogens (tertiary/aromatic N) is 2. The zero-order valence-electron chi connectivity index (χ0n) is 11.6. The Balaban J connectivity index is 1.41. The molecule has 3 aromatic rings. The van der Waals surface area contributed by atoms with Gasteiger partial charge in [0.2, 0.25) is 11.1 Å². The molecule has 0 aromatic carbocycles. The van der Waals surface area contributed by atoms with Crippen molar-refractivity contribution in [2.24, 2.45) is 0 Å². The number of hydrogen-bond acceptors (Lipinski definition) is 6. The fraction of sp³-hybridized carbons (Fsp3) is 0.214. The highest BCUT2D eigenvalue weighted by Crippen LogP contribution is 2.22. The summed E-state index contributed by atoms with van der Waals surface area (Å²) >= 11 is 4.65. The van der Waals surface area contributed by atoms with E-state index in [1.54, 1.807) is 22.7 Å². The van der Waals surface area contributed by atoms with Crippen molar-refractivity contribution in [2.45, 2.75) is 11.6 Å². The number of H-pyrrole nitrogens is 1. The molecule has 114 valence electrons. The first kappa shape index (κ1) is 15.3. The summed E-state index contributed by atoms with van der Waals surface area (Å²) in [5.74, 6) is 1.08. The quantitative estimate of drug-likeness (QED) is 0.643. The predicted octanol–water partition coefficient (Wildman–Crippen LogP) is 3.05. The van der Waals surface area contributed by atoms with Crippen LogP contribution in [0.15, 0.2) is 40.2 Å². The lowest BCUT2D eigenvalue weighted by atomic mass is 10.3. The van der Waals surface area contributed by atoms with Crippen molar-refractivity contribution in [2.75, 3.05) is 12.3 Å². The number of carbonyl (C=O) groups excluding carboxylic acids is 1. The summed E-state index contributed by atoms with van der Waals surface area (Å²) in [6.07, 6.45) is 0.872. The summed E-state index contributed by atoms with van der Waals surface area (Å²) in [6, 6.07) is 8.05. The van der Waals surface area contributed by atoms with E-state index in [0.29, 0.717) is 17.5 Å². The van der Waals surface area contributed by atoms with Crippen molar-refractivity contribution in [1.29, 1.82) is 0 Å². The largest absolute Gasteiger partial charge is 0.355 e. The first-order valence-corrected chi connectivity index (χ1v) is 9.44. The van der Waals surface area contributed by atoms with E-state index in [1.807, 2.05) is 29.0 Å². The van der Waals surface area contributed by atoms with Crippen molar-refractivity contribution in [1.82, 2.24) is 20.5 Å². The van der Waals surface area contributed by atoms with Crippen LogP contribution in [0.2, 0.25) is 0 Å². The molecule has 0 atom stereocenters. The number of aromatic nitrogens is 3. The van der Waals surface area contributed by atoms with Gasteiger partial charge in [-0.15, -0.1) is 27.8 Å². The topological polar surface area (TPSA) is 70.7 Å². The van der Waals surface area contributed by atoms with Gasteiger partial charge in [-0.25, -0.2) is 4.98 Å². The van der Waals surface area contributed by atoms with Gasteiger partial charge in [0, 0.05) is 11.4 Å². The highest BCUT2D eigenvalue weighted by atomic mass is 32.2. The molecule has 0 aliphatic carbocycles. The minimum atomic E-state index is 0.00373. The van der Waals surface area contributed by atoms with Crippen molar-refractivity contribution < 1.29 is 4.79 Å². The zero-order valence-corrected chi connectivity index (χ0v) is 14.1. The van der Waals surface area contributed by atoms with Gasteiger partial charge in [-0.05, 0) is 29.3 Å². The van der Waals surface area contributed by atoms with E-state index in [9.17, 15) is 4.79 Å². The minimum Gasteiger partial charge on any atom is -0.355 e. The summed E-state index contributed by atoms with van der Waals surface area (Å²) in [5.41, 5.74) is 0. The molecule has 8 heteroatoms. The van der Waals surface area contributed by atoms with Crippen LogP contribution in [0, 0.1) is 0 Å². The monoisotopic (exact) mass is 350 g/mol. The van der Waals surface area contributed by atoms with Crippen LogP contribution in [0.25, 0.3) is 10.7 Å². The van der Waals surface area contributed by atoms with Gasteiger partial charge in [0.25, 0.3) is 0 Å². The Hall–Kier alpha value is -1.64. The van der Waals surface area contributed by atoms with Crippen LogP contribution in [-0.2, 0) is 11.2 Å². The molecular formula is C14H14N4OS3. The molecule has 0 fully saturated rings. The van der Waals surface area contributed by atoms with Gasteiger partial charge in [-0.2, -0.15) is 0 Å². The number of nitrogens with one attached hydrogen (secondary N) is 2. The number of hydrogen-bond donors (Lipinski definition) is 2. The first-order chi connectivity index (χ1) is 10.8. The number of aromatic amines is 1. The molecule has 0 unspecified atom stereocenters. The minimum absolute atomic E-state index is 0.00373.